The summed E-state index contributed by atoms with van der Waals surface area (Å²) in [5.74, 6) is 0.360. The van der Waals surface area contributed by atoms with Crippen molar-refractivity contribution in [3.8, 4) is 0 Å². The number of fused-ring (bicyclic) bond motifs is 1. The summed E-state index contributed by atoms with van der Waals surface area (Å²) in [6.07, 6.45) is 0. The average molecular weight is 393 g/mol. The van der Waals surface area contributed by atoms with Crippen molar-refractivity contribution >= 4 is 22.6 Å². The zero-order valence-electron chi connectivity index (χ0n) is 16.3. The van der Waals surface area contributed by atoms with Crippen molar-refractivity contribution in [2.45, 2.75) is 20.0 Å². The summed E-state index contributed by atoms with van der Waals surface area (Å²) in [5, 5.41) is 7.54. The number of nitrogens with one attached hydrogen (secondary N) is 1. The Hall–Kier alpha value is -3.26. The second kappa shape index (κ2) is 8.40. The van der Waals surface area contributed by atoms with Gasteiger partial charge in [-0.05, 0) is 31.2 Å². The van der Waals surface area contributed by atoms with Crippen LogP contribution in [0.2, 0.25) is 0 Å². The minimum atomic E-state index is -0.499. The second-order valence-corrected chi connectivity index (χ2v) is 6.78. The zero-order chi connectivity index (χ0) is 20.2. The van der Waals surface area contributed by atoms with Crippen LogP contribution in [0.3, 0.4) is 0 Å². The van der Waals surface area contributed by atoms with E-state index in [0.717, 1.165) is 30.1 Å². The highest BCUT2D eigenvalue weighted by Crippen LogP contribution is 2.13. The lowest BCUT2D eigenvalue weighted by molar-refractivity contribution is 0.0942. The Morgan fingerprint density at radius 1 is 1.14 bits per heavy atom. The summed E-state index contributed by atoms with van der Waals surface area (Å²) >= 11 is 0. The highest BCUT2D eigenvalue weighted by molar-refractivity contribution is 5.95. The van der Waals surface area contributed by atoms with Gasteiger partial charge in [-0.3, -0.25) is 14.3 Å². The molecule has 0 atom stereocenters. The Labute approximate surface area is 168 Å². The van der Waals surface area contributed by atoms with Crippen LogP contribution in [0.1, 0.15) is 23.1 Å². The Balaban J connectivity index is 1.53. The molecule has 1 N–H and O–H groups in total. The van der Waals surface area contributed by atoms with E-state index >= 15 is 0 Å². The highest BCUT2D eigenvalue weighted by atomic mass is 16.5. The first-order valence-electron chi connectivity index (χ1n) is 9.74. The molecule has 8 heteroatoms. The Kier molecular flexibility index (Phi) is 5.53. The number of anilines is 1. The fourth-order valence-electron chi connectivity index (χ4n) is 3.42. The molecule has 29 heavy (non-hydrogen) atoms. The van der Waals surface area contributed by atoms with E-state index in [4.69, 9.17) is 4.74 Å². The lowest BCUT2D eigenvalue weighted by Crippen LogP contribution is -2.37. The molecule has 0 bridgehead atoms. The first-order valence-corrected chi connectivity index (χ1v) is 9.74. The summed E-state index contributed by atoms with van der Waals surface area (Å²) in [6, 6.07) is 12.9. The normalized spacial score (nSPS) is 14.2. The molecular weight excluding hydrogens is 370 g/mol. The number of amides is 1. The van der Waals surface area contributed by atoms with Gasteiger partial charge in [0.2, 0.25) is 5.43 Å². The van der Waals surface area contributed by atoms with Crippen LogP contribution in [0.4, 0.5) is 5.82 Å². The number of ether oxygens (including phenoxy) is 1. The Bertz CT molecular complexity index is 1090. The second-order valence-electron chi connectivity index (χ2n) is 6.78. The van der Waals surface area contributed by atoms with Gasteiger partial charge < -0.3 is 15.0 Å². The van der Waals surface area contributed by atoms with Crippen molar-refractivity contribution in [3.05, 3.63) is 64.1 Å². The highest BCUT2D eigenvalue weighted by Gasteiger charge is 2.17. The number of benzene rings is 1. The summed E-state index contributed by atoms with van der Waals surface area (Å²) in [4.78, 5) is 32.2. The van der Waals surface area contributed by atoms with Crippen molar-refractivity contribution in [2.75, 3.05) is 31.2 Å². The summed E-state index contributed by atoms with van der Waals surface area (Å²) in [5.41, 5.74) is 0.975. The molecule has 1 aromatic carbocycles. The minimum Gasteiger partial charge on any atom is -0.378 e. The first kappa shape index (κ1) is 19.1. The number of morpholine rings is 1. The van der Waals surface area contributed by atoms with E-state index in [-0.39, 0.29) is 17.7 Å². The standard InChI is InChI=1S/C21H23N5O3/c1-2-26-17-8-4-3-7-16(17)20(27)19(24-26)21(28)22-14-15-6-5-9-18(23-15)25-10-12-29-13-11-25/h3-9H,2,10-14H2,1H3,(H,22,28). The van der Waals surface area contributed by atoms with Gasteiger partial charge in [-0.25, -0.2) is 4.98 Å². The predicted octanol–water partition coefficient (Wildman–Crippen LogP) is 1.58. The van der Waals surface area contributed by atoms with Gasteiger partial charge in [0.15, 0.2) is 5.69 Å². The lowest BCUT2D eigenvalue weighted by Gasteiger charge is -2.28. The van der Waals surface area contributed by atoms with Gasteiger partial charge in [0.05, 0.1) is 31.0 Å². The molecule has 0 spiro atoms. The topological polar surface area (TPSA) is 89.3 Å². The summed E-state index contributed by atoms with van der Waals surface area (Å²) in [7, 11) is 0. The van der Waals surface area contributed by atoms with E-state index < -0.39 is 5.91 Å². The third kappa shape index (κ3) is 3.97. The molecule has 1 amide bonds. The number of carbonyl (C=O) groups excluding carboxylic acids is 1. The quantitative estimate of drug-likeness (QED) is 0.708. The fraction of sp³-hybridized carbons (Fsp3) is 0.333. The number of para-hydroxylation sites is 1. The van der Waals surface area contributed by atoms with Crippen LogP contribution >= 0.6 is 0 Å². The number of aromatic nitrogens is 3. The Morgan fingerprint density at radius 3 is 2.72 bits per heavy atom. The van der Waals surface area contributed by atoms with Crippen molar-refractivity contribution in [1.82, 2.24) is 20.1 Å². The molecule has 2 aromatic heterocycles. The molecule has 0 aliphatic carbocycles. The third-order valence-electron chi connectivity index (χ3n) is 4.93. The van der Waals surface area contributed by atoms with Crippen molar-refractivity contribution in [2.24, 2.45) is 0 Å². The molecule has 8 nitrogen and oxygen atoms in total. The first-order chi connectivity index (χ1) is 14.2. The van der Waals surface area contributed by atoms with Crippen molar-refractivity contribution < 1.29 is 9.53 Å². The number of pyridine rings is 1. The van der Waals surface area contributed by atoms with Gasteiger partial charge in [-0.2, -0.15) is 5.10 Å². The SMILES string of the molecule is CCn1nc(C(=O)NCc2cccc(N3CCOCC3)n2)c(=O)c2ccccc21. The maximum atomic E-state index is 12.7. The average Bonchev–Trinajstić information content (AvgIpc) is 2.79. The van der Waals surface area contributed by atoms with Gasteiger partial charge in [-0.15, -0.1) is 0 Å². The summed E-state index contributed by atoms with van der Waals surface area (Å²) < 4.78 is 7.04. The number of hydrogen-bond donors (Lipinski definition) is 1. The van der Waals surface area contributed by atoms with Crippen LogP contribution in [0.25, 0.3) is 10.9 Å². The van der Waals surface area contributed by atoms with Crippen LogP contribution in [0.15, 0.2) is 47.3 Å². The smallest absolute Gasteiger partial charge is 0.276 e. The largest absolute Gasteiger partial charge is 0.378 e. The van der Waals surface area contributed by atoms with E-state index in [9.17, 15) is 9.59 Å². The number of aryl methyl sites for hydroxylation is 1. The van der Waals surface area contributed by atoms with Gasteiger partial charge in [0.1, 0.15) is 5.82 Å². The Morgan fingerprint density at radius 2 is 1.93 bits per heavy atom. The molecule has 3 heterocycles. The van der Waals surface area contributed by atoms with Gasteiger partial charge >= 0.3 is 0 Å². The monoisotopic (exact) mass is 393 g/mol. The van der Waals surface area contributed by atoms with E-state index in [2.05, 4.69) is 20.3 Å². The molecule has 0 unspecified atom stereocenters. The van der Waals surface area contributed by atoms with Crippen LogP contribution < -0.4 is 15.6 Å². The van der Waals surface area contributed by atoms with E-state index in [1.165, 1.54) is 0 Å². The third-order valence-corrected chi connectivity index (χ3v) is 4.93. The molecule has 0 radical (unpaired) electrons. The molecule has 4 rings (SSSR count). The summed E-state index contributed by atoms with van der Waals surface area (Å²) in [6.45, 7) is 5.65. The van der Waals surface area contributed by atoms with E-state index in [0.29, 0.717) is 25.1 Å². The van der Waals surface area contributed by atoms with Crippen LogP contribution in [0, 0.1) is 0 Å². The number of carbonyl (C=O) groups is 1. The lowest BCUT2D eigenvalue weighted by atomic mass is 10.2. The molecule has 0 saturated carbocycles. The van der Waals surface area contributed by atoms with Gasteiger partial charge in [0, 0.05) is 25.0 Å². The fourth-order valence-corrected chi connectivity index (χ4v) is 3.42. The van der Waals surface area contributed by atoms with E-state index in [1.807, 2.05) is 37.3 Å². The van der Waals surface area contributed by atoms with Crippen molar-refractivity contribution in [1.29, 1.82) is 0 Å². The molecule has 150 valence electrons. The predicted molar refractivity (Wildman–Crippen MR) is 110 cm³/mol. The van der Waals surface area contributed by atoms with Crippen molar-refractivity contribution in [3.63, 3.8) is 0 Å². The number of hydrogen-bond acceptors (Lipinski definition) is 6. The van der Waals surface area contributed by atoms with Gasteiger partial charge in [-0.1, -0.05) is 18.2 Å². The minimum absolute atomic E-state index is 0.102. The molecule has 1 saturated heterocycles. The number of rotatable bonds is 5. The van der Waals surface area contributed by atoms with Crippen LogP contribution in [-0.2, 0) is 17.8 Å². The maximum Gasteiger partial charge on any atom is 0.276 e. The van der Waals surface area contributed by atoms with Crippen LogP contribution in [0.5, 0.6) is 0 Å². The molecule has 1 aliphatic rings. The molecular formula is C21H23N5O3. The maximum absolute atomic E-state index is 12.7. The zero-order valence-corrected chi connectivity index (χ0v) is 16.3. The molecule has 3 aromatic rings. The number of nitrogens with zero attached hydrogens (tertiary/aromatic N) is 4. The molecule has 1 aliphatic heterocycles. The van der Waals surface area contributed by atoms with Gasteiger partial charge in [0.25, 0.3) is 5.91 Å². The van der Waals surface area contributed by atoms with E-state index in [1.54, 1.807) is 16.8 Å². The molecule has 1 fully saturated rings. The van der Waals surface area contributed by atoms with Crippen LogP contribution in [-0.4, -0.2) is 47.0 Å².